The van der Waals surface area contributed by atoms with Gasteiger partial charge in [-0.05, 0) is 55.5 Å². The van der Waals surface area contributed by atoms with E-state index in [9.17, 15) is 4.79 Å². The molecule has 10 heteroatoms. The number of morpholine rings is 1. The summed E-state index contributed by atoms with van der Waals surface area (Å²) in [5, 5.41) is 0. The molecule has 1 amide bonds. The van der Waals surface area contributed by atoms with E-state index < -0.39 is 5.60 Å². The van der Waals surface area contributed by atoms with Gasteiger partial charge in [0.2, 0.25) is 0 Å². The number of fused-ring (bicyclic) bond motifs is 3. The smallest absolute Gasteiger partial charge is 0.410 e. The van der Waals surface area contributed by atoms with Gasteiger partial charge in [0.25, 0.3) is 0 Å². The van der Waals surface area contributed by atoms with Crippen molar-refractivity contribution in [1.29, 1.82) is 0 Å². The number of anilines is 1. The topological polar surface area (TPSA) is 75.4 Å². The molecule has 3 aliphatic rings. The van der Waals surface area contributed by atoms with Gasteiger partial charge in [0.1, 0.15) is 10.2 Å². The first-order chi connectivity index (χ1) is 16.3. The van der Waals surface area contributed by atoms with E-state index in [0.717, 1.165) is 100 Å². The Balaban J connectivity index is 1.23. The molecule has 5 rings (SSSR count). The fourth-order valence-corrected chi connectivity index (χ4v) is 5.55. The number of piperidine rings is 1. The molecule has 186 valence electrons. The molecule has 0 N–H and O–H groups in total. The number of likely N-dealkylation sites (tertiary alicyclic amines) is 1. The Kier molecular flexibility index (Phi) is 6.74. The molecular formula is C24H35BrN6O3. The molecule has 0 aliphatic carbocycles. The van der Waals surface area contributed by atoms with Crippen LogP contribution in [-0.2, 0) is 22.4 Å². The molecule has 2 aromatic heterocycles. The summed E-state index contributed by atoms with van der Waals surface area (Å²) in [5.74, 6) is 1.53. The van der Waals surface area contributed by atoms with E-state index in [2.05, 4.69) is 30.1 Å². The van der Waals surface area contributed by atoms with E-state index in [-0.39, 0.29) is 6.09 Å². The van der Waals surface area contributed by atoms with Gasteiger partial charge in [0.15, 0.2) is 11.5 Å². The van der Waals surface area contributed by atoms with Crippen molar-refractivity contribution in [3.63, 3.8) is 0 Å². The molecule has 5 heterocycles. The summed E-state index contributed by atoms with van der Waals surface area (Å²) < 4.78 is 14.1. The second kappa shape index (κ2) is 9.62. The summed E-state index contributed by atoms with van der Waals surface area (Å²) in [4.78, 5) is 28.9. The van der Waals surface area contributed by atoms with Crippen molar-refractivity contribution < 1.29 is 14.3 Å². The van der Waals surface area contributed by atoms with E-state index in [1.165, 1.54) is 5.69 Å². The van der Waals surface area contributed by atoms with Crippen LogP contribution in [0.2, 0.25) is 0 Å². The third kappa shape index (κ3) is 5.18. The predicted molar refractivity (Wildman–Crippen MR) is 133 cm³/mol. The molecule has 34 heavy (non-hydrogen) atoms. The molecular weight excluding hydrogens is 500 g/mol. The van der Waals surface area contributed by atoms with Gasteiger partial charge >= 0.3 is 6.09 Å². The highest BCUT2D eigenvalue weighted by Crippen LogP contribution is 2.29. The largest absolute Gasteiger partial charge is 0.444 e. The molecule has 0 spiro atoms. The Labute approximate surface area is 209 Å². The van der Waals surface area contributed by atoms with Crippen LogP contribution in [0.4, 0.5) is 10.6 Å². The van der Waals surface area contributed by atoms with Gasteiger partial charge in [-0.2, -0.15) is 0 Å². The molecule has 0 radical (unpaired) electrons. The lowest BCUT2D eigenvalue weighted by molar-refractivity contribution is 0.0167. The van der Waals surface area contributed by atoms with Crippen molar-refractivity contribution in [3.05, 3.63) is 22.2 Å². The van der Waals surface area contributed by atoms with E-state index in [0.29, 0.717) is 5.92 Å². The SMILES string of the molecule is CC(C)(C)OC(=O)N1CCC(CN2CCc3c(nc4c(N5CCOCC5)nc(Br)cn34)C2)CC1. The van der Waals surface area contributed by atoms with Gasteiger partial charge in [0.05, 0.1) is 18.9 Å². The maximum Gasteiger partial charge on any atom is 0.410 e. The summed E-state index contributed by atoms with van der Waals surface area (Å²) in [6.45, 7) is 13.4. The molecule has 0 unspecified atom stereocenters. The normalized spacial score (nSPS) is 20.6. The summed E-state index contributed by atoms with van der Waals surface area (Å²) in [7, 11) is 0. The summed E-state index contributed by atoms with van der Waals surface area (Å²) in [6.07, 6.45) is 4.88. The highest BCUT2D eigenvalue weighted by atomic mass is 79.9. The molecule has 2 saturated heterocycles. The van der Waals surface area contributed by atoms with Crippen molar-refractivity contribution >= 4 is 33.5 Å². The van der Waals surface area contributed by atoms with E-state index >= 15 is 0 Å². The van der Waals surface area contributed by atoms with E-state index in [1.807, 2.05) is 31.9 Å². The summed E-state index contributed by atoms with van der Waals surface area (Å²) in [6, 6.07) is 0. The van der Waals surface area contributed by atoms with Crippen molar-refractivity contribution in [1.82, 2.24) is 24.2 Å². The average molecular weight is 535 g/mol. The van der Waals surface area contributed by atoms with Crippen LogP contribution in [-0.4, -0.2) is 88.3 Å². The van der Waals surface area contributed by atoms with Crippen LogP contribution in [0.3, 0.4) is 0 Å². The maximum absolute atomic E-state index is 12.4. The standard InChI is InChI=1S/C24H35BrN6O3/c1-24(2,3)34-23(32)30-8-4-17(5-9-30)14-28-7-6-19-18(15-28)26-22-21(27-20(25)16-31(19)22)29-10-12-33-13-11-29/h16-17H,4-15H2,1-3H3. The van der Waals surface area contributed by atoms with Crippen LogP contribution in [0.15, 0.2) is 10.8 Å². The molecule has 0 atom stereocenters. The second-order valence-corrected chi connectivity index (χ2v) is 11.4. The van der Waals surface area contributed by atoms with Gasteiger partial charge in [-0.3, -0.25) is 9.30 Å². The fraction of sp³-hybridized carbons (Fsp3) is 0.708. The zero-order valence-electron chi connectivity index (χ0n) is 20.4. The molecule has 0 bridgehead atoms. The van der Waals surface area contributed by atoms with Gasteiger partial charge in [-0.25, -0.2) is 14.8 Å². The van der Waals surface area contributed by atoms with Crippen LogP contribution in [0, 0.1) is 5.92 Å². The molecule has 2 fully saturated rings. The van der Waals surface area contributed by atoms with Gasteiger partial charge in [-0.1, -0.05) is 0 Å². The number of ether oxygens (including phenoxy) is 2. The Morgan fingerprint density at radius 1 is 1.15 bits per heavy atom. The number of aromatic nitrogens is 3. The Bertz CT molecular complexity index is 1040. The van der Waals surface area contributed by atoms with Crippen LogP contribution in [0.25, 0.3) is 5.65 Å². The van der Waals surface area contributed by atoms with Crippen LogP contribution in [0.1, 0.15) is 45.0 Å². The number of imidazole rings is 1. The highest BCUT2D eigenvalue weighted by Gasteiger charge is 2.30. The maximum atomic E-state index is 12.4. The van der Waals surface area contributed by atoms with Crippen molar-refractivity contribution in [2.75, 3.05) is 57.4 Å². The molecule has 0 saturated carbocycles. The van der Waals surface area contributed by atoms with E-state index in [4.69, 9.17) is 19.4 Å². The van der Waals surface area contributed by atoms with Crippen LogP contribution in [0.5, 0.6) is 0 Å². The molecule has 9 nitrogen and oxygen atoms in total. The average Bonchev–Trinajstić information content (AvgIpc) is 3.16. The van der Waals surface area contributed by atoms with Crippen LogP contribution >= 0.6 is 15.9 Å². The number of hydrogen-bond donors (Lipinski definition) is 0. The second-order valence-electron chi connectivity index (χ2n) is 10.6. The zero-order valence-corrected chi connectivity index (χ0v) is 22.0. The Morgan fingerprint density at radius 2 is 1.88 bits per heavy atom. The summed E-state index contributed by atoms with van der Waals surface area (Å²) in [5.41, 5.74) is 2.96. The number of hydrogen-bond acceptors (Lipinski definition) is 7. The number of amides is 1. The first kappa shape index (κ1) is 23.8. The summed E-state index contributed by atoms with van der Waals surface area (Å²) >= 11 is 3.61. The monoisotopic (exact) mass is 534 g/mol. The van der Waals surface area contributed by atoms with Crippen molar-refractivity contribution in [2.45, 2.75) is 52.2 Å². The zero-order chi connectivity index (χ0) is 23.9. The first-order valence-electron chi connectivity index (χ1n) is 12.4. The van der Waals surface area contributed by atoms with Gasteiger partial charge in [-0.15, -0.1) is 0 Å². The minimum absolute atomic E-state index is 0.186. The minimum atomic E-state index is -0.444. The minimum Gasteiger partial charge on any atom is -0.444 e. The number of nitrogens with zero attached hydrogens (tertiary/aromatic N) is 6. The Hall–Kier alpha value is -1.91. The van der Waals surface area contributed by atoms with Gasteiger partial charge < -0.3 is 19.3 Å². The molecule has 0 aromatic carbocycles. The number of halogens is 1. The number of carbonyl (C=O) groups is 1. The number of rotatable bonds is 3. The Morgan fingerprint density at radius 3 is 2.59 bits per heavy atom. The van der Waals surface area contributed by atoms with Crippen molar-refractivity contribution in [3.8, 4) is 0 Å². The predicted octanol–water partition coefficient (Wildman–Crippen LogP) is 3.33. The van der Waals surface area contributed by atoms with Crippen molar-refractivity contribution in [2.24, 2.45) is 5.92 Å². The van der Waals surface area contributed by atoms with E-state index in [1.54, 1.807) is 0 Å². The third-order valence-electron chi connectivity index (χ3n) is 6.87. The molecule has 3 aliphatic heterocycles. The van der Waals surface area contributed by atoms with Gasteiger partial charge in [0, 0.05) is 64.1 Å². The molecule has 2 aromatic rings. The quantitative estimate of drug-likeness (QED) is 0.597. The first-order valence-corrected chi connectivity index (χ1v) is 13.2. The lowest BCUT2D eigenvalue weighted by Crippen LogP contribution is -2.44. The fourth-order valence-electron chi connectivity index (χ4n) is 5.18. The lowest BCUT2D eigenvalue weighted by atomic mass is 9.95. The van der Waals surface area contributed by atoms with Crippen LogP contribution < -0.4 is 4.90 Å². The highest BCUT2D eigenvalue weighted by molar-refractivity contribution is 9.10. The number of carbonyl (C=O) groups excluding carboxylic acids is 1. The lowest BCUT2D eigenvalue weighted by Gasteiger charge is -2.36. The third-order valence-corrected chi connectivity index (χ3v) is 7.25.